The van der Waals surface area contributed by atoms with Crippen molar-refractivity contribution in [2.45, 2.75) is 74.4 Å². The lowest BCUT2D eigenvalue weighted by molar-refractivity contribution is -0.262. The van der Waals surface area contributed by atoms with Gasteiger partial charge in [0.05, 0.1) is 26.0 Å². The van der Waals surface area contributed by atoms with Crippen molar-refractivity contribution in [3.05, 3.63) is 36.7 Å². The Bertz CT molecular complexity index is 2010. The number of carbonyl (C=O) groups excluding carboxylic acids is 4. The van der Waals surface area contributed by atoms with Gasteiger partial charge in [-0.2, -0.15) is 4.31 Å². The normalized spacial score (nSPS) is 30.3. The molecule has 0 aromatic carbocycles. The molecule has 3 aliphatic heterocycles. The molecular formula is C27H35N7O20P2. The Hall–Kier alpha value is -4.31. The van der Waals surface area contributed by atoms with Gasteiger partial charge in [-0.3, -0.25) is 23.2 Å². The van der Waals surface area contributed by atoms with E-state index >= 15 is 0 Å². The number of nitrogen functional groups attached to an aromatic ring is 1. The van der Waals surface area contributed by atoms with Crippen LogP contribution in [-0.2, 0) is 60.9 Å². The van der Waals surface area contributed by atoms with E-state index in [1.54, 1.807) is 0 Å². The number of carbonyl (C=O) groups is 4. The molecular weight excluding hydrogens is 804 g/mol. The molecule has 0 bridgehead atoms. The van der Waals surface area contributed by atoms with Crippen LogP contribution in [0.4, 0.5) is 5.82 Å². The highest BCUT2D eigenvalue weighted by Gasteiger charge is 2.58. The number of anilines is 1. The number of hydrogen-bond acceptors (Lipinski definition) is 23. The van der Waals surface area contributed by atoms with Crippen LogP contribution in [0, 0.1) is 0 Å². The predicted octanol–water partition coefficient (Wildman–Crippen LogP) is -3.97. The number of primary amides is 1. The maximum absolute atomic E-state index is 13.0. The van der Waals surface area contributed by atoms with E-state index in [4.69, 9.17) is 30.0 Å². The van der Waals surface area contributed by atoms with Gasteiger partial charge in [0, 0.05) is 18.0 Å². The Morgan fingerprint density at radius 3 is 2.39 bits per heavy atom. The zero-order chi connectivity index (χ0) is 41.3. The number of nitrogens with zero attached hydrogens (tertiary/aromatic N) is 5. The summed E-state index contributed by atoms with van der Waals surface area (Å²) in [4.78, 5) is 90.1. The minimum Gasteiger partial charge on any atom is -0.387 e. The third-order valence-electron chi connectivity index (χ3n) is 8.35. The highest BCUT2D eigenvalue weighted by Crippen LogP contribution is 2.61. The Morgan fingerprint density at radius 1 is 1.02 bits per heavy atom. The Morgan fingerprint density at radius 2 is 1.71 bits per heavy atom. The summed E-state index contributed by atoms with van der Waals surface area (Å²) in [5.41, 5.74) is 8.41. The number of Topliss-reactive ketones (excluding diaryl/α,β-unsaturated/α-hetero) is 1. The third kappa shape index (κ3) is 9.28. The van der Waals surface area contributed by atoms with Gasteiger partial charge in [-0.05, 0) is 13.3 Å². The molecule has 11 atom stereocenters. The van der Waals surface area contributed by atoms with Crippen molar-refractivity contribution < 1.29 is 96.2 Å². The summed E-state index contributed by atoms with van der Waals surface area (Å²) in [5.74, 6) is -5.95. The average molecular weight is 840 g/mol. The zero-order valence-corrected chi connectivity index (χ0v) is 30.3. The third-order valence-corrected chi connectivity index (χ3v) is 10.9. The Kier molecular flexibility index (Phi) is 12.7. The van der Waals surface area contributed by atoms with Crippen molar-refractivity contribution in [2.24, 2.45) is 5.73 Å². The van der Waals surface area contributed by atoms with Crippen LogP contribution in [0.3, 0.4) is 0 Å². The number of allylic oxidation sites excluding steroid dienone is 1. The molecule has 5 rings (SSSR count). The van der Waals surface area contributed by atoms with Crippen molar-refractivity contribution in [2.75, 3.05) is 18.9 Å². The lowest BCUT2D eigenvalue weighted by atomic mass is 9.90. The van der Waals surface area contributed by atoms with Gasteiger partial charge in [0.1, 0.15) is 48.0 Å². The summed E-state index contributed by atoms with van der Waals surface area (Å²) in [6.07, 6.45) is -9.27. The molecule has 29 heteroatoms. The average Bonchev–Trinajstić information content (AvgIpc) is 3.77. The number of nitrogens with two attached hydrogens (primary N) is 2. The van der Waals surface area contributed by atoms with Gasteiger partial charge >= 0.3 is 27.6 Å². The standard InChI is InChI=1S/C27H35N7O20P2/c1-11(35)25(42)52-53-26(43)13(36)5-27(19(40)18(39)24(51-27)34-10-32-15-20(28)30-9-31-22(15)34)8-49-56(46,47)54-55(44,45)48-7-14-16(37)17(38)23(50-14)33-4-2-3-12(6-33)21(29)41/h2,4,6,9-11,14,16-19,23-24,35,37-40H,3,5,7-8H2,1H3,(H2,29,41)(H,44,45)(H,46,47)(H2,28,30,31)/t11?,14-,16-,17-,18-,19+,23-,24-,27-/m1/s1. The van der Waals surface area contributed by atoms with E-state index in [9.17, 15) is 63.6 Å². The molecule has 0 radical (unpaired) electrons. The minimum atomic E-state index is -5.84. The molecule has 27 nitrogen and oxygen atoms in total. The summed E-state index contributed by atoms with van der Waals surface area (Å²) in [7, 11) is -11.5. The topological polar surface area (TPSA) is 408 Å². The van der Waals surface area contributed by atoms with E-state index in [0.717, 1.165) is 24.1 Å². The van der Waals surface area contributed by atoms with Gasteiger partial charge in [0.15, 0.2) is 30.0 Å². The van der Waals surface area contributed by atoms with Crippen LogP contribution in [0.25, 0.3) is 11.2 Å². The second kappa shape index (κ2) is 16.7. The van der Waals surface area contributed by atoms with Crippen molar-refractivity contribution in [3.63, 3.8) is 0 Å². The smallest absolute Gasteiger partial charge is 0.387 e. The molecule has 0 saturated carbocycles. The molecule has 2 fully saturated rings. The molecule has 11 N–H and O–H groups in total. The lowest BCUT2D eigenvalue weighted by Gasteiger charge is -2.31. The Balaban J connectivity index is 1.29. The number of aliphatic hydroxyl groups is 5. The fraction of sp³-hybridized carbons (Fsp3) is 0.519. The second-order valence-electron chi connectivity index (χ2n) is 12.3. The summed E-state index contributed by atoms with van der Waals surface area (Å²) >= 11 is 0. The molecule has 5 heterocycles. The van der Waals surface area contributed by atoms with Crippen LogP contribution >= 0.6 is 15.6 Å². The van der Waals surface area contributed by atoms with Crippen LogP contribution in [0.15, 0.2) is 36.7 Å². The number of ketones is 1. The molecule has 56 heavy (non-hydrogen) atoms. The fourth-order valence-electron chi connectivity index (χ4n) is 5.53. The van der Waals surface area contributed by atoms with E-state index in [1.807, 2.05) is 0 Å². The summed E-state index contributed by atoms with van der Waals surface area (Å²) in [5, 5.41) is 52.4. The van der Waals surface area contributed by atoms with E-state index in [-0.39, 0.29) is 29.0 Å². The first-order valence-electron chi connectivity index (χ1n) is 15.9. The van der Waals surface area contributed by atoms with Crippen molar-refractivity contribution in [1.29, 1.82) is 0 Å². The molecule has 0 aliphatic carbocycles. The highest BCUT2D eigenvalue weighted by atomic mass is 31.3. The van der Waals surface area contributed by atoms with Crippen LogP contribution in [0.5, 0.6) is 0 Å². The van der Waals surface area contributed by atoms with Gasteiger partial charge in [-0.15, -0.1) is 0 Å². The van der Waals surface area contributed by atoms with Gasteiger partial charge in [0.2, 0.25) is 11.7 Å². The molecule has 1 amide bonds. The van der Waals surface area contributed by atoms with Crippen molar-refractivity contribution >= 4 is 56.3 Å². The minimum absolute atomic E-state index is 0.00368. The predicted molar refractivity (Wildman–Crippen MR) is 174 cm³/mol. The monoisotopic (exact) mass is 839 g/mol. The van der Waals surface area contributed by atoms with Crippen molar-refractivity contribution in [1.82, 2.24) is 24.4 Å². The molecule has 3 unspecified atom stereocenters. The molecule has 2 aromatic heterocycles. The zero-order valence-electron chi connectivity index (χ0n) is 28.6. The van der Waals surface area contributed by atoms with E-state index in [0.29, 0.717) is 0 Å². The van der Waals surface area contributed by atoms with Gasteiger partial charge in [0.25, 0.3) is 0 Å². The van der Waals surface area contributed by atoms with E-state index in [1.165, 1.54) is 23.4 Å². The number of hydrogen-bond donors (Lipinski definition) is 9. The number of aliphatic hydroxyl groups excluding tert-OH is 5. The van der Waals surface area contributed by atoms with Gasteiger partial charge in [-0.1, -0.05) is 6.08 Å². The molecule has 2 aromatic rings. The number of imidazole rings is 1. The largest absolute Gasteiger partial charge is 0.481 e. The first-order valence-corrected chi connectivity index (χ1v) is 18.9. The van der Waals surface area contributed by atoms with E-state index in [2.05, 4.69) is 29.0 Å². The lowest BCUT2D eigenvalue weighted by Crippen LogP contribution is -2.49. The first-order chi connectivity index (χ1) is 26.1. The number of phosphoric ester groups is 2. The maximum Gasteiger partial charge on any atom is 0.481 e. The first kappa shape index (κ1) is 42.8. The van der Waals surface area contributed by atoms with Crippen molar-refractivity contribution in [3.8, 4) is 0 Å². The summed E-state index contributed by atoms with van der Waals surface area (Å²) in [6, 6.07) is 0. The fourth-order valence-corrected chi connectivity index (χ4v) is 7.67. The highest BCUT2D eigenvalue weighted by molar-refractivity contribution is 7.61. The van der Waals surface area contributed by atoms with E-state index < -0.39 is 114 Å². The second-order valence-corrected chi connectivity index (χ2v) is 15.4. The number of amides is 1. The van der Waals surface area contributed by atoms with Crippen LogP contribution < -0.4 is 11.5 Å². The Labute approximate surface area is 312 Å². The number of fused-ring (bicyclic) bond motifs is 1. The number of aromatic nitrogens is 4. The molecule has 0 spiro atoms. The summed E-state index contributed by atoms with van der Waals surface area (Å²) in [6.45, 7) is -1.58. The molecule has 3 aliphatic rings. The number of ether oxygens (including phenoxy) is 2. The molecule has 308 valence electrons. The van der Waals surface area contributed by atoms with Gasteiger partial charge in [-0.25, -0.2) is 43.4 Å². The van der Waals surface area contributed by atoms with Crippen LogP contribution in [0.2, 0.25) is 0 Å². The maximum atomic E-state index is 13.0. The van der Waals surface area contributed by atoms with Gasteiger partial charge < -0.3 is 61.2 Å². The number of rotatable bonds is 15. The number of phosphoric acid groups is 2. The van der Waals surface area contributed by atoms with Crippen LogP contribution in [-0.4, -0.2) is 145 Å². The summed E-state index contributed by atoms with van der Waals surface area (Å²) < 4.78 is 51.8. The van der Waals surface area contributed by atoms with Crippen LogP contribution in [0.1, 0.15) is 26.0 Å². The SMILES string of the molecule is CC(O)C(=O)OOC(=O)C(=O)C[C@]1(COP(=O)(O)OP(=O)(O)OC[C@H]2O[C@@H](N3C=CCC(C(N)=O)=C3)[C@H](O)[C@@H]2O)O[C@@H](n2cnc3c(N)ncnc32)[C@H](O)[C@@H]1O. The molecule has 2 saturated heterocycles. The quantitative estimate of drug-likeness (QED) is 0.0357.